The number of thiophene rings is 1. The Morgan fingerprint density at radius 3 is 2.88 bits per heavy atom. The van der Waals surface area contributed by atoms with Gasteiger partial charge in [-0.2, -0.15) is 0 Å². The van der Waals surface area contributed by atoms with Gasteiger partial charge in [0.15, 0.2) is 5.43 Å². The third-order valence-corrected chi connectivity index (χ3v) is 6.48. The molecule has 26 heavy (non-hydrogen) atoms. The van der Waals surface area contributed by atoms with E-state index in [1.54, 1.807) is 29.5 Å². The van der Waals surface area contributed by atoms with Gasteiger partial charge < -0.3 is 15.1 Å². The van der Waals surface area contributed by atoms with Gasteiger partial charge in [-0.25, -0.2) is 0 Å². The Kier molecular flexibility index (Phi) is 3.58. The Hall–Kier alpha value is -2.31. The van der Waals surface area contributed by atoms with Gasteiger partial charge in [0.1, 0.15) is 23.0 Å². The summed E-state index contributed by atoms with van der Waals surface area (Å²) in [6.45, 7) is 0. The highest BCUT2D eigenvalue weighted by Crippen LogP contribution is 2.41. The SMILES string of the molecule is O=C1N[C@H](c2coc3ccc(Cl)cc3c2=O)Nc2sc3c(c21)CCCC3. The smallest absolute Gasteiger partial charge is 0.256 e. The van der Waals surface area contributed by atoms with Crippen LogP contribution in [0.5, 0.6) is 0 Å². The van der Waals surface area contributed by atoms with Crippen molar-refractivity contribution in [2.24, 2.45) is 0 Å². The van der Waals surface area contributed by atoms with Crippen LogP contribution in [0, 0.1) is 0 Å². The molecule has 1 aromatic carbocycles. The van der Waals surface area contributed by atoms with Gasteiger partial charge in [-0.15, -0.1) is 11.3 Å². The minimum Gasteiger partial charge on any atom is -0.464 e. The fourth-order valence-electron chi connectivity index (χ4n) is 3.75. The molecule has 132 valence electrons. The summed E-state index contributed by atoms with van der Waals surface area (Å²) in [5, 5.41) is 7.94. The maximum atomic E-state index is 12.9. The minimum absolute atomic E-state index is 0.131. The van der Waals surface area contributed by atoms with Gasteiger partial charge >= 0.3 is 0 Å². The Morgan fingerprint density at radius 1 is 1.15 bits per heavy atom. The highest BCUT2D eigenvalue weighted by molar-refractivity contribution is 7.16. The predicted molar refractivity (Wildman–Crippen MR) is 102 cm³/mol. The van der Waals surface area contributed by atoms with Crippen molar-refractivity contribution < 1.29 is 9.21 Å². The van der Waals surface area contributed by atoms with Crippen molar-refractivity contribution in [2.45, 2.75) is 31.8 Å². The van der Waals surface area contributed by atoms with Crippen molar-refractivity contribution in [3.63, 3.8) is 0 Å². The van der Waals surface area contributed by atoms with Crippen molar-refractivity contribution >= 4 is 44.8 Å². The third-order valence-electron chi connectivity index (χ3n) is 5.02. The van der Waals surface area contributed by atoms with Gasteiger partial charge in [0.2, 0.25) is 0 Å². The summed E-state index contributed by atoms with van der Waals surface area (Å²) in [6.07, 6.45) is 5.03. The van der Waals surface area contributed by atoms with Gasteiger partial charge in [-0.3, -0.25) is 9.59 Å². The van der Waals surface area contributed by atoms with Gasteiger partial charge in [0.25, 0.3) is 5.91 Å². The molecule has 0 unspecified atom stereocenters. The molecule has 1 atom stereocenters. The molecule has 0 spiro atoms. The summed E-state index contributed by atoms with van der Waals surface area (Å²) in [4.78, 5) is 26.9. The lowest BCUT2D eigenvalue weighted by Crippen LogP contribution is -2.40. The molecule has 2 aromatic heterocycles. The van der Waals surface area contributed by atoms with Gasteiger partial charge in [0.05, 0.1) is 16.5 Å². The highest BCUT2D eigenvalue weighted by Gasteiger charge is 2.33. The van der Waals surface area contributed by atoms with E-state index in [9.17, 15) is 9.59 Å². The van der Waals surface area contributed by atoms with Crippen LogP contribution in [-0.4, -0.2) is 5.91 Å². The molecule has 5 nitrogen and oxygen atoms in total. The molecular formula is C19H15ClN2O3S. The van der Waals surface area contributed by atoms with Crippen LogP contribution in [-0.2, 0) is 12.8 Å². The van der Waals surface area contributed by atoms with E-state index in [4.69, 9.17) is 16.0 Å². The van der Waals surface area contributed by atoms with E-state index >= 15 is 0 Å². The van der Waals surface area contributed by atoms with Crippen LogP contribution < -0.4 is 16.1 Å². The standard InChI is InChI=1S/C19H15ClN2O3S/c20-9-5-6-13-11(7-9)16(23)12(8-25-13)17-21-18(24)15-10-3-1-2-4-14(10)26-19(15)22-17/h5-8,17,22H,1-4H2,(H,21,24)/t17-/m0/s1. The van der Waals surface area contributed by atoms with E-state index in [0.29, 0.717) is 21.6 Å². The van der Waals surface area contributed by atoms with E-state index in [2.05, 4.69) is 10.6 Å². The molecular weight excluding hydrogens is 372 g/mol. The molecule has 0 bridgehead atoms. The first-order valence-electron chi connectivity index (χ1n) is 8.55. The Balaban J connectivity index is 1.59. The lowest BCUT2D eigenvalue weighted by molar-refractivity contribution is 0.0935. The Morgan fingerprint density at radius 2 is 2.00 bits per heavy atom. The van der Waals surface area contributed by atoms with Crippen LogP contribution in [0.1, 0.15) is 45.4 Å². The molecule has 5 rings (SSSR count). The summed E-state index contributed by atoms with van der Waals surface area (Å²) >= 11 is 7.64. The number of amides is 1. The van der Waals surface area contributed by atoms with Crippen molar-refractivity contribution in [2.75, 3.05) is 5.32 Å². The summed E-state index contributed by atoms with van der Waals surface area (Å²) in [5.74, 6) is -0.131. The summed E-state index contributed by atoms with van der Waals surface area (Å²) in [5.41, 5.74) is 2.55. The fourth-order valence-corrected chi connectivity index (χ4v) is 5.24. The lowest BCUT2D eigenvalue weighted by Gasteiger charge is -2.26. The topological polar surface area (TPSA) is 71.3 Å². The minimum atomic E-state index is -0.616. The second-order valence-electron chi connectivity index (χ2n) is 6.63. The molecule has 1 aliphatic carbocycles. The number of carbonyl (C=O) groups is 1. The van der Waals surface area contributed by atoms with E-state index in [1.807, 2.05) is 0 Å². The van der Waals surface area contributed by atoms with Crippen LogP contribution in [0.25, 0.3) is 11.0 Å². The highest BCUT2D eigenvalue weighted by atomic mass is 35.5. The van der Waals surface area contributed by atoms with Crippen molar-refractivity contribution in [1.82, 2.24) is 5.32 Å². The van der Waals surface area contributed by atoms with Gasteiger partial charge in [-0.1, -0.05) is 11.6 Å². The predicted octanol–water partition coefficient (Wildman–Crippen LogP) is 4.24. The van der Waals surface area contributed by atoms with E-state index in [1.165, 1.54) is 11.1 Å². The molecule has 1 amide bonds. The number of rotatable bonds is 1. The van der Waals surface area contributed by atoms with Crippen LogP contribution in [0.15, 0.2) is 33.7 Å². The number of hydrogen-bond acceptors (Lipinski definition) is 5. The molecule has 1 aliphatic heterocycles. The second kappa shape index (κ2) is 5.86. The van der Waals surface area contributed by atoms with Crippen LogP contribution in [0.4, 0.5) is 5.00 Å². The second-order valence-corrected chi connectivity index (χ2v) is 8.17. The van der Waals surface area contributed by atoms with Crippen molar-refractivity contribution in [1.29, 1.82) is 0 Å². The number of hydrogen-bond donors (Lipinski definition) is 2. The number of fused-ring (bicyclic) bond motifs is 4. The number of aryl methyl sites for hydroxylation is 1. The van der Waals surface area contributed by atoms with E-state index in [-0.39, 0.29) is 11.3 Å². The zero-order valence-electron chi connectivity index (χ0n) is 13.7. The van der Waals surface area contributed by atoms with E-state index in [0.717, 1.165) is 41.8 Å². The molecule has 0 fully saturated rings. The molecule has 3 aromatic rings. The number of anilines is 1. The number of benzene rings is 1. The van der Waals surface area contributed by atoms with Gasteiger partial charge in [-0.05, 0) is 49.4 Å². The Bertz CT molecular complexity index is 1120. The molecule has 3 heterocycles. The van der Waals surface area contributed by atoms with Crippen LogP contribution >= 0.6 is 22.9 Å². The molecule has 0 saturated carbocycles. The average molecular weight is 387 g/mol. The number of halogens is 1. The van der Waals surface area contributed by atoms with E-state index < -0.39 is 6.17 Å². The monoisotopic (exact) mass is 386 g/mol. The zero-order valence-corrected chi connectivity index (χ0v) is 15.3. The number of nitrogens with one attached hydrogen (secondary N) is 2. The maximum Gasteiger partial charge on any atom is 0.256 e. The maximum absolute atomic E-state index is 12.9. The average Bonchev–Trinajstić information content (AvgIpc) is 3.01. The Labute approximate surface area is 158 Å². The molecule has 0 saturated heterocycles. The third kappa shape index (κ3) is 2.36. The fraction of sp³-hybridized carbons (Fsp3) is 0.263. The van der Waals surface area contributed by atoms with Crippen LogP contribution in [0.2, 0.25) is 5.02 Å². The van der Waals surface area contributed by atoms with Crippen molar-refractivity contribution in [3.8, 4) is 0 Å². The molecule has 0 radical (unpaired) electrons. The zero-order chi connectivity index (χ0) is 17.8. The quantitative estimate of drug-likeness (QED) is 0.656. The van der Waals surface area contributed by atoms with Crippen molar-refractivity contribution in [3.05, 3.63) is 61.3 Å². The number of carbonyl (C=O) groups excluding carboxylic acids is 1. The normalized spacial score (nSPS) is 18.8. The largest absolute Gasteiger partial charge is 0.464 e. The summed E-state index contributed by atoms with van der Waals surface area (Å²) in [6, 6.07) is 4.93. The first kappa shape index (κ1) is 15.9. The summed E-state index contributed by atoms with van der Waals surface area (Å²) < 4.78 is 5.59. The molecule has 7 heteroatoms. The lowest BCUT2D eigenvalue weighted by atomic mass is 9.94. The van der Waals surface area contributed by atoms with Gasteiger partial charge in [0, 0.05) is 9.90 Å². The first-order chi connectivity index (χ1) is 12.6. The molecule has 2 aliphatic rings. The summed E-state index contributed by atoms with van der Waals surface area (Å²) in [7, 11) is 0. The molecule has 2 N–H and O–H groups in total. The first-order valence-corrected chi connectivity index (χ1v) is 9.74. The van der Waals surface area contributed by atoms with Crippen LogP contribution in [0.3, 0.4) is 0 Å².